The van der Waals surface area contributed by atoms with Crippen LogP contribution in [0.3, 0.4) is 0 Å². The van der Waals surface area contributed by atoms with Crippen molar-refractivity contribution in [2.24, 2.45) is 5.41 Å². The average molecular weight is 315 g/mol. The minimum absolute atomic E-state index is 0.0304. The minimum Gasteiger partial charge on any atom is -0.355 e. The van der Waals surface area contributed by atoms with Gasteiger partial charge in [0.15, 0.2) is 0 Å². The number of amides is 2. The summed E-state index contributed by atoms with van der Waals surface area (Å²) in [4.78, 5) is 29.3. The first kappa shape index (κ1) is 16.0. The fraction of sp³-hybridized carbons (Fsp3) is 0.556. The molecule has 1 aliphatic heterocycles. The van der Waals surface area contributed by atoms with E-state index in [1.165, 1.54) is 5.56 Å². The first-order chi connectivity index (χ1) is 11.1. The van der Waals surface area contributed by atoms with Gasteiger partial charge in [0.1, 0.15) is 5.41 Å². The summed E-state index contributed by atoms with van der Waals surface area (Å²) in [7, 11) is 2.06. The maximum Gasteiger partial charge on any atom is 0.238 e. The van der Waals surface area contributed by atoms with Crippen LogP contribution in [0.5, 0.6) is 0 Å². The van der Waals surface area contributed by atoms with Crippen molar-refractivity contribution in [3.63, 3.8) is 0 Å². The van der Waals surface area contributed by atoms with Crippen molar-refractivity contribution in [1.29, 1.82) is 0 Å². The molecule has 2 aliphatic rings. The Bertz CT molecular complexity index is 561. The van der Waals surface area contributed by atoms with Crippen molar-refractivity contribution < 1.29 is 9.59 Å². The third-order valence-electron chi connectivity index (χ3n) is 4.93. The van der Waals surface area contributed by atoms with E-state index in [9.17, 15) is 9.59 Å². The standard InChI is InChI=1S/C18H25N3O2/c1-20-11-13-21(14-12-20)17(23)18(8-9-18)16(22)19-10-7-15-5-3-2-4-6-15/h2-6H,7-14H2,1H3,(H,19,22). The molecule has 3 rings (SSSR count). The Balaban J connectivity index is 1.51. The van der Waals surface area contributed by atoms with Crippen LogP contribution in [0.15, 0.2) is 30.3 Å². The second-order valence-corrected chi connectivity index (χ2v) is 6.67. The molecule has 1 N–H and O–H groups in total. The molecule has 1 aromatic carbocycles. The molecule has 1 aromatic rings. The number of carbonyl (C=O) groups is 2. The fourth-order valence-corrected chi connectivity index (χ4v) is 3.11. The molecule has 0 spiro atoms. The SMILES string of the molecule is CN1CCN(C(=O)C2(C(=O)NCCc3ccccc3)CC2)CC1. The monoisotopic (exact) mass is 315 g/mol. The summed E-state index contributed by atoms with van der Waals surface area (Å²) in [5.41, 5.74) is 0.426. The third kappa shape index (κ3) is 3.55. The van der Waals surface area contributed by atoms with Crippen LogP contribution in [0.4, 0.5) is 0 Å². The molecule has 1 aliphatic carbocycles. The van der Waals surface area contributed by atoms with Crippen molar-refractivity contribution in [2.45, 2.75) is 19.3 Å². The molecule has 124 valence electrons. The Morgan fingerprint density at radius 1 is 1.09 bits per heavy atom. The zero-order chi connectivity index (χ0) is 16.3. The van der Waals surface area contributed by atoms with E-state index in [2.05, 4.69) is 29.4 Å². The fourth-order valence-electron chi connectivity index (χ4n) is 3.11. The van der Waals surface area contributed by atoms with Gasteiger partial charge in [-0.15, -0.1) is 0 Å². The molecule has 5 heteroatoms. The number of benzene rings is 1. The van der Waals surface area contributed by atoms with Crippen LogP contribution in [-0.2, 0) is 16.0 Å². The maximum atomic E-state index is 12.7. The van der Waals surface area contributed by atoms with Crippen molar-refractivity contribution in [2.75, 3.05) is 39.8 Å². The number of likely N-dealkylation sites (N-methyl/N-ethyl adjacent to an activating group) is 1. The summed E-state index contributed by atoms with van der Waals surface area (Å²) >= 11 is 0. The van der Waals surface area contributed by atoms with E-state index in [1.54, 1.807) is 0 Å². The van der Waals surface area contributed by atoms with E-state index in [0.717, 1.165) is 32.6 Å². The second kappa shape index (κ2) is 6.71. The molecule has 2 amide bonds. The molecular weight excluding hydrogens is 290 g/mol. The van der Waals surface area contributed by atoms with Crippen LogP contribution >= 0.6 is 0 Å². The summed E-state index contributed by atoms with van der Waals surface area (Å²) in [6.07, 6.45) is 2.18. The molecule has 0 unspecified atom stereocenters. The van der Waals surface area contributed by atoms with Crippen molar-refractivity contribution in [1.82, 2.24) is 15.1 Å². The first-order valence-electron chi connectivity index (χ1n) is 8.42. The highest BCUT2D eigenvalue weighted by Crippen LogP contribution is 2.47. The van der Waals surface area contributed by atoms with Gasteiger partial charge in [0.2, 0.25) is 11.8 Å². The normalized spacial score (nSPS) is 20.1. The molecule has 1 saturated carbocycles. The molecule has 0 atom stereocenters. The zero-order valence-electron chi connectivity index (χ0n) is 13.8. The summed E-state index contributed by atoms with van der Waals surface area (Å²) in [6.45, 7) is 3.82. The molecule has 0 aromatic heterocycles. The highest BCUT2D eigenvalue weighted by atomic mass is 16.2. The summed E-state index contributed by atoms with van der Waals surface area (Å²) in [5.74, 6) is -0.0554. The molecule has 1 heterocycles. The number of piperazine rings is 1. The van der Waals surface area contributed by atoms with Gasteiger partial charge in [-0.2, -0.15) is 0 Å². The Morgan fingerprint density at radius 2 is 1.74 bits per heavy atom. The van der Waals surface area contributed by atoms with E-state index in [0.29, 0.717) is 19.4 Å². The van der Waals surface area contributed by atoms with Gasteiger partial charge >= 0.3 is 0 Å². The van der Waals surface area contributed by atoms with Crippen LogP contribution in [0.2, 0.25) is 0 Å². The predicted molar refractivity (Wildman–Crippen MR) is 88.9 cm³/mol. The van der Waals surface area contributed by atoms with Crippen LogP contribution < -0.4 is 5.32 Å². The average Bonchev–Trinajstić information content (AvgIpc) is 3.38. The minimum atomic E-state index is -0.771. The van der Waals surface area contributed by atoms with Gasteiger partial charge in [-0.05, 0) is 31.9 Å². The highest BCUT2D eigenvalue weighted by Gasteiger charge is 2.57. The smallest absolute Gasteiger partial charge is 0.238 e. The lowest BCUT2D eigenvalue weighted by Gasteiger charge is -2.34. The van der Waals surface area contributed by atoms with Gasteiger partial charge in [-0.3, -0.25) is 9.59 Å². The molecular formula is C18H25N3O2. The van der Waals surface area contributed by atoms with Gasteiger partial charge in [-0.1, -0.05) is 30.3 Å². The van der Waals surface area contributed by atoms with E-state index >= 15 is 0 Å². The lowest BCUT2D eigenvalue weighted by molar-refractivity contribution is -0.145. The number of rotatable bonds is 5. The van der Waals surface area contributed by atoms with Crippen LogP contribution in [0.1, 0.15) is 18.4 Å². The van der Waals surface area contributed by atoms with Crippen molar-refractivity contribution in [3.8, 4) is 0 Å². The lowest BCUT2D eigenvalue weighted by atomic mass is 10.0. The Labute approximate surface area is 137 Å². The molecule has 2 fully saturated rings. The van der Waals surface area contributed by atoms with E-state index in [-0.39, 0.29) is 11.8 Å². The first-order valence-corrected chi connectivity index (χ1v) is 8.42. The molecule has 5 nitrogen and oxygen atoms in total. The van der Waals surface area contributed by atoms with Gasteiger partial charge in [0.05, 0.1) is 0 Å². The van der Waals surface area contributed by atoms with Crippen LogP contribution in [0, 0.1) is 5.41 Å². The largest absolute Gasteiger partial charge is 0.355 e. The van der Waals surface area contributed by atoms with Gasteiger partial charge in [0.25, 0.3) is 0 Å². The number of carbonyl (C=O) groups excluding carboxylic acids is 2. The highest BCUT2D eigenvalue weighted by molar-refractivity contribution is 6.07. The molecule has 0 radical (unpaired) electrons. The van der Waals surface area contributed by atoms with Crippen molar-refractivity contribution >= 4 is 11.8 Å². The van der Waals surface area contributed by atoms with Crippen molar-refractivity contribution in [3.05, 3.63) is 35.9 Å². The Hall–Kier alpha value is -1.88. The van der Waals surface area contributed by atoms with Crippen LogP contribution in [0.25, 0.3) is 0 Å². The quantitative estimate of drug-likeness (QED) is 0.822. The predicted octanol–water partition coefficient (Wildman–Crippen LogP) is 0.900. The summed E-state index contributed by atoms with van der Waals surface area (Å²) in [5, 5.41) is 2.97. The number of nitrogens with zero attached hydrogens (tertiary/aromatic N) is 2. The van der Waals surface area contributed by atoms with Gasteiger partial charge < -0.3 is 15.1 Å². The summed E-state index contributed by atoms with van der Waals surface area (Å²) in [6, 6.07) is 10.1. The zero-order valence-corrected chi connectivity index (χ0v) is 13.8. The second-order valence-electron chi connectivity index (χ2n) is 6.67. The third-order valence-corrected chi connectivity index (χ3v) is 4.93. The topological polar surface area (TPSA) is 52.7 Å². The number of hydrogen-bond acceptors (Lipinski definition) is 3. The van der Waals surface area contributed by atoms with E-state index in [4.69, 9.17) is 0 Å². The van der Waals surface area contributed by atoms with E-state index in [1.807, 2.05) is 23.1 Å². The molecule has 23 heavy (non-hydrogen) atoms. The Kier molecular flexibility index (Phi) is 4.66. The summed E-state index contributed by atoms with van der Waals surface area (Å²) < 4.78 is 0. The van der Waals surface area contributed by atoms with Gasteiger partial charge in [-0.25, -0.2) is 0 Å². The molecule has 0 bridgehead atoms. The molecule has 1 saturated heterocycles. The van der Waals surface area contributed by atoms with E-state index < -0.39 is 5.41 Å². The lowest BCUT2D eigenvalue weighted by Crippen LogP contribution is -2.52. The number of nitrogens with one attached hydrogen (secondary N) is 1. The maximum absolute atomic E-state index is 12.7. The van der Waals surface area contributed by atoms with Gasteiger partial charge in [0, 0.05) is 32.7 Å². The van der Waals surface area contributed by atoms with Crippen LogP contribution in [-0.4, -0.2) is 61.4 Å². The Morgan fingerprint density at radius 3 is 2.35 bits per heavy atom. The number of hydrogen-bond donors (Lipinski definition) is 1.